The number of carbonyl (C=O) groups excluding carboxylic acids is 14. The Morgan fingerprint density at radius 3 is 0.931 bits per heavy atom. The van der Waals surface area contributed by atoms with Gasteiger partial charge < -0.3 is 77.5 Å². The fraction of sp³-hybridized carbons (Fsp3) is 0.140. The van der Waals surface area contributed by atoms with Crippen LogP contribution in [-0.2, 0) is 38.8 Å². The van der Waals surface area contributed by atoms with Crippen LogP contribution in [0.2, 0.25) is 0 Å². The summed E-state index contributed by atoms with van der Waals surface area (Å²) in [6.07, 6.45) is 6.33. The van der Waals surface area contributed by atoms with Crippen molar-refractivity contribution < 1.29 is 113 Å². The standard InChI is InChI=1S/C18H18N2O4.C17H16N2O4.2C17H16N2O3.2C15H12N2O3.C8H5NO3.B/c1-24-15-10-12(21)8-7-11(15)4-3-9-19-14-6-2-5-13-16(14)18(23)20-17(13)22;20-11-7-6-10(14(21)9-11)3-2-8-18-13-5-1-4-12-15(13)17(23)19-16(12)22;20-12-6-1-4-11(10-12)5-3-9-18-14-8-2-7-13-15(14)17(22)19-16(13)21;20-12-8-6-11(7-9-12)3-2-10-18-14-5-1-4-13-15(14)17(22)19-16(13)21;18-10-4-1-3-9(7-10)8-16-12-6-2-5-11-13(12)15(20)17-14(11)19;18-12-7-2-1-4-9(12)8-16-11-6-3-5-10-13(11)15(20)17-14(10)19;10-4-1-2-5-6(3-4)8(12)9-7(5)11;/h2,5-8,10,19,21H,3-4,9H2,1H3,(H,20,22,23);1,4-7,9,18,20-21H,2-3,8H2,(H,19,22,23);1-2,4,6-8,10,18,20H,3,5,9H2,(H,19,21,22);1,4-9,18,20H,2-3,10H2,(H,19,21,22);2*1-7,16,18H,8H2,(H,17,19,20);1-3,10H,(H,9,11,12);. The number of amides is 14. The van der Waals surface area contributed by atoms with Crippen molar-refractivity contribution in [2.75, 3.05) is 65.2 Å². The first-order valence-electron chi connectivity index (χ1n) is 45.0. The van der Waals surface area contributed by atoms with Crippen molar-refractivity contribution in [3.63, 3.8) is 0 Å². The monoisotopic (exact) mass is 1940 g/mol. The van der Waals surface area contributed by atoms with Crippen molar-refractivity contribution >= 4 is 125 Å². The highest BCUT2D eigenvalue weighted by Crippen LogP contribution is 2.34. The number of phenolic OH excluding ortho intramolecular Hbond substituents is 8. The number of phenols is 8. The van der Waals surface area contributed by atoms with E-state index in [1.165, 1.54) is 30.3 Å². The summed E-state index contributed by atoms with van der Waals surface area (Å²) in [7, 11) is 1.57. The molecule has 0 aromatic heterocycles. The maximum atomic E-state index is 11.9. The Balaban J connectivity index is 0.000000142. The molecule has 0 aliphatic carbocycles. The van der Waals surface area contributed by atoms with Crippen LogP contribution in [0.25, 0.3) is 0 Å². The van der Waals surface area contributed by atoms with E-state index in [9.17, 15) is 103 Å². The predicted molar refractivity (Wildman–Crippen MR) is 534 cm³/mol. The molecule has 37 heteroatoms. The number of imide groups is 7. The number of rotatable bonds is 27. The van der Waals surface area contributed by atoms with Gasteiger partial charge in [-0.1, -0.05) is 103 Å². The summed E-state index contributed by atoms with van der Waals surface area (Å²) >= 11 is 0. The lowest BCUT2D eigenvalue weighted by atomic mass is 10.1. The smallest absolute Gasteiger partial charge is 0.261 e. The Hall–Kier alpha value is -19.1. The summed E-state index contributed by atoms with van der Waals surface area (Å²) in [6.45, 7) is 3.41. The molecule has 0 fully saturated rings. The molecule has 21 N–H and O–H groups in total. The van der Waals surface area contributed by atoms with Gasteiger partial charge >= 0.3 is 0 Å². The van der Waals surface area contributed by atoms with Crippen molar-refractivity contribution in [2.24, 2.45) is 0 Å². The van der Waals surface area contributed by atoms with Gasteiger partial charge in [0.25, 0.3) is 82.7 Å². The molecule has 7 aliphatic rings. The predicted octanol–water partition coefficient (Wildman–Crippen LogP) is 12.7. The zero-order chi connectivity index (χ0) is 101. The summed E-state index contributed by atoms with van der Waals surface area (Å²) in [5, 5.41) is 110. The van der Waals surface area contributed by atoms with E-state index >= 15 is 0 Å². The molecule has 7 heterocycles. The highest BCUT2D eigenvalue weighted by atomic mass is 16.5. The highest BCUT2D eigenvalue weighted by Gasteiger charge is 2.36. The summed E-state index contributed by atoms with van der Waals surface area (Å²) in [5.74, 6) is -3.44. The van der Waals surface area contributed by atoms with Crippen LogP contribution < -0.4 is 73.9 Å². The lowest BCUT2D eigenvalue weighted by Gasteiger charge is -2.11. The highest BCUT2D eigenvalue weighted by molar-refractivity contribution is 6.28. The lowest BCUT2D eigenvalue weighted by molar-refractivity contribution is 0.0863. The normalized spacial score (nSPS) is 12.9. The van der Waals surface area contributed by atoms with Crippen LogP contribution in [0.3, 0.4) is 0 Å². The Morgan fingerprint density at radius 1 is 0.222 bits per heavy atom. The van der Waals surface area contributed by atoms with Gasteiger partial charge in [0.1, 0.15) is 51.7 Å². The Bertz CT molecular complexity index is 7220. The molecule has 0 saturated carbocycles. The number of benzene rings is 13. The Morgan fingerprint density at radius 2 is 0.528 bits per heavy atom. The maximum Gasteiger partial charge on any atom is 0.261 e. The number of nitrogens with one attached hydrogen (secondary N) is 13. The lowest BCUT2D eigenvalue weighted by Crippen LogP contribution is -2.20. The molecule has 3 radical (unpaired) electrons. The van der Waals surface area contributed by atoms with Gasteiger partial charge in [0.05, 0.1) is 85.0 Å². The molecule has 14 amide bonds. The first-order chi connectivity index (χ1) is 68.9. The number of aromatic hydroxyl groups is 8. The SMILES string of the molecule is COc1cc(O)ccc1CCCNc1cccc2c1C(=O)NC2=O.O=C1NC(=O)c2c(NCCCc3ccc(O)cc3)cccc21.O=C1NC(=O)c2c(NCCCc3ccc(O)cc3O)cccc21.O=C1NC(=O)c2c(NCCCc3cccc(O)c3)cccc21.O=C1NC(=O)c2c(NCc3cccc(O)c3)cccc21.O=C1NC(=O)c2c(NCc3ccccc3O)cccc21.O=C1NC(=O)c2cc(O)ccc21.[B]. The first-order valence-corrected chi connectivity index (χ1v) is 45.0. The van der Waals surface area contributed by atoms with Gasteiger partial charge in [-0.3, -0.25) is 104 Å². The second kappa shape index (κ2) is 47.3. The molecule has 729 valence electrons. The van der Waals surface area contributed by atoms with Crippen LogP contribution >= 0.6 is 0 Å². The second-order valence-electron chi connectivity index (χ2n) is 32.9. The molecule has 13 aromatic carbocycles. The van der Waals surface area contributed by atoms with Gasteiger partial charge in [0.15, 0.2) is 0 Å². The van der Waals surface area contributed by atoms with Gasteiger partial charge in [-0.05, 0) is 225 Å². The van der Waals surface area contributed by atoms with Crippen LogP contribution in [0.4, 0.5) is 34.1 Å². The number of aryl methyl sites for hydroxylation is 4. The van der Waals surface area contributed by atoms with Crippen LogP contribution in [0.1, 0.15) is 204 Å². The van der Waals surface area contributed by atoms with E-state index < -0.39 is 17.7 Å². The minimum absolute atomic E-state index is 0. The van der Waals surface area contributed by atoms with E-state index in [-0.39, 0.29) is 125 Å². The van der Waals surface area contributed by atoms with E-state index in [4.69, 9.17) is 9.84 Å². The largest absolute Gasteiger partial charge is 0.508 e. The second-order valence-corrected chi connectivity index (χ2v) is 32.9. The van der Waals surface area contributed by atoms with E-state index in [2.05, 4.69) is 69.1 Å². The van der Waals surface area contributed by atoms with Gasteiger partial charge in [-0.2, -0.15) is 0 Å². The molecule has 7 aliphatic heterocycles. The third kappa shape index (κ3) is 25.3. The Labute approximate surface area is 824 Å². The third-order valence-electron chi connectivity index (χ3n) is 23.1. The van der Waals surface area contributed by atoms with E-state index in [0.717, 1.165) is 78.3 Å². The Kier molecular flexibility index (Phi) is 33.6. The van der Waals surface area contributed by atoms with E-state index in [1.54, 1.807) is 195 Å². The molecular formula is C107H95BN13O23. The number of hydrogen-bond donors (Lipinski definition) is 21. The minimum atomic E-state index is -0.453. The molecule has 0 saturated heterocycles. The quantitative estimate of drug-likeness (QED) is 0.0129. The number of ether oxygens (including phenoxy) is 1. The van der Waals surface area contributed by atoms with Gasteiger partial charge in [-0.25, -0.2) is 0 Å². The summed E-state index contributed by atoms with van der Waals surface area (Å²) in [6, 6.07) is 72.6. The minimum Gasteiger partial charge on any atom is -0.508 e. The number of para-hydroxylation sites is 1. The zero-order valence-corrected chi connectivity index (χ0v) is 77.0. The summed E-state index contributed by atoms with van der Waals surface area (Å²) in [5.41, 5.74) is 14.7. The molecule has 144 heavy (non-hydrogen) atoms. The van der Waals surface area contributed by atoms with Crippen LogP contribution in [0.15, 0.2) is 261 Å². The number of fused-ring (bicyclic) bond motifs is 7. The van der Waals surface area contributed by atoms with Crippen molar-refractivity contribution in [3.05, 3.63) is 372 Å². The van der Waals surface area contributed by atoms with Gasteiger partial charge in [0, 0.05) is 99.5 Å². The number of anilines is 6. The molecule has 20 rings (SSSR count). The van der Waals surface area contributed by atoms with Crippen LogP contribution in [-0.4, -0.2) is 165 Å². The maximum absolute atomic E-state index is 11.9. The number of hydrogen-bond acceptors (Lipinski definition) is 29. The van der Waals surface area contributed by atoms with Gasteiger partial charge in [-0.15, -0.1) is 0 Å². The van der Waals surface area contributed by atoms with Crippen molar-refractivity contribution in [1.29, 1.82) is 0 Å². The molecule has 36 nitrogen and oxygen atoms in total. The molecule has 0 unspecified atom stereocenters. The zero-order valence-electron chi connectivity index (χ0n) is 77.0. The summed E-state index contributed by atoms with van der Waals surface area (Å²) < 4.78 is 5.26. The van der Waals surface area contributed by atoms with Crippen LogP contribution in [0, 0.1) is 0 Å². The fourth-order valence-corrected chi connectivity index (χ4v) is 16.2. The third-order valence-corrected chi connectivity index (χ3v) is 23.1. The number of methoxy groups -OCH3 is 1. The number of carbonyl (C=O) groups is 14. The fourth-order valence-electron chi connectivity index (χ4n) is 16.2. The van der Waals surface area contributed by atoms with E-state index in [0.29, 0.717) is 158 Å². The molecule has 0 spiro atoms. The average Bonchev–Trinajstić information content (AvgIpc) is 1.66. The first kappa shape index (κ1) is 102. The van der Waals surface area contributed by atoms with Gasteiger partial charge in [0.2, 0.25) is 0 Å². The topological polar surface area (TPSA) is 566 Å². The van der Waals surface area contributed by atoms with Crippen LogP contribution in [0.5, 0.6) is 51.7 Å². The average molecular weight is 1940 g/mol. The van der Waals surface area contributed by atoms with E-state index in [1.807, 2.05) is 42.5 Å². The molecular weight excluding hydrogens is 1850 g/mol. The summed E-state index contributed by atoms with van der Waals surface area (Å²) in [4.78, 5) is 162. The molecule has 0 bridgehead atoms. The molecule has 13 aromatic rings. The van der Waals surface area contributed by atoms with Crippen molar-refractivity contribution in [3.8, 4) is 51.7 Å². The molecule has 0 atom stereocenters. The van der Waals surface area contributed by atoms with Crippen molar-refractivity contribution in [1.82, 2.24) is 37.2 Å². The van der Waals surface area contributed by atoms with Crippen molar-refractivity contribution in [2.45, 2.75) is 64.5 Å².